The maximum atomic E-state index is 14.9. The minimum Gasteiger partial charge on any atom is -0.478 e. The predicted octanol–water partition coefficient (Wildman–Crippen LogP) is 10.5. The number of aromatic carboxylic acids is 1. The number of amides is 1. The van der Waals surface area contributed by atoms with Crippen molar-refractivity contribution in [2.24, 2.45) is 5.84 Å². The molecule has 3 aliphatic heterocycles. The molecule has 3 aliphatic rings. The number of aldehydes is 1. The number of hydrogen-bond acceptors (Lipinski definition) is 25. The Morgan fingerprint density at radius 2 is 0.792 bits per heavy atom. The van der Waals surface area contributed by atoms with Crippen molar-refractivity contribution in [2.45, 2.75) is 106 Å². The van der Waals surface area contributed by atoms with Gasteiger partial charge in [0, 0.05) is 422 Å². The van der Waals surface area contributed by atoms with Crippen LogP contribution in [0.2, 0.25) is 0 Å². The Kier molecular flexibility index (Phi) is 57.1. The van der Waals surface area contributed by atoms with E-state index in [-0.39, 0.29) is 42.7 Å². The summed E-state index contributed by atoms with van der Waals surface area (Å²) in [7, 11) is 61.9. The van der Waals surface area contributed by atoms with Gasteiger partial charge in [0.2, 0.25) is 0 Å². The highest BCUT2D eigenvalue weighted by Crippen LogP contribution is 2.31. The van der Waals surface area contributed by atoms with Gasteiger partial charge in [-0.15, -0.1) is 30.6 Å². The molecular formula is C80H84F2N24O6S37. The molecule has 8 N–H and O–H groups in total. The van der Waals surface area contributed by atoms with Crippen LogP contribution in [0.5, 0.6) is 0 Å². The first kappa shape index (κ1) is 122. The predicted molar refractivity (Wildman–Crippen MR) is 692 cm³/mol. The van der Waals surface area contributed by atoms with E-state index in [1.54, 1.807) is 178 Å². The first-order valence-electron chi connectivity index (χ1n) is 42.8. The van der Waals surface area contributed by atoms with Crippen molar-refractivity contribution in [2.75, 3.05) is 25.1 Å². The molecule has 1 amide bonds. The number of carboxylic acid groups (broad SMARTS) is 1. The summed E-state index contributed by atoms with van der Waals surface area (Å²) in [6.45, 7) is 19.9. The van der Waals surface area contributed by atoms with Crippen LogP contribution in [-0.4, -0.2) is 142 Å². The number of nitrogen functional groups attached to an aromatic ring is 1. The number of nitrogens with zero attached hydrogens (tertiary/aromatic N) is 18. The molecule has 0 fully saturated rings. The highest BCUT2D eigenvalue weighted by Gasteiger charge is 2.33. The van der Waals surface area contributed by atoms with Gasteiger partial charge in [0.25, 0.3) is 17.0 Å². The molecule has 10 aromatic heterocycles. The van der Waals surface area contributed by atoms with Crippen LogP contribution in [0.1, 0.15) is 143 Å². The molecule has 4 aromatic carbocycles. The van der Waals surface area contributed by atoms with Gasteiger partial charge in [0.1, 0.15) is 46.1 Å². The molecule has 0 radical (unpaired) electrons. The van der Waals surface area contributed by atoms with Crippen LogP contribution in [0.25, 0.3) is 56.1 Å². The van der Waals surface area contributed by atoms with Crippen LogP contribution in [-0.2, 0) is 366 Å². The molecule has 796 valence electrons. The Morgan fingerprint density at radius 1 is 0.443 bits per heavy atom. The lowest BCUT2D eigenvalue weighted by Gasteiger charge is -2.32. The fraction of sp³-hybridized carbons (Fsp3) is 0.237. The Balaban J connectivity index is 0.000000206. The zero-order chi connectivity index (χ0) is 108. The Morgan fingerprint density at radius 3 is 1.13 bits per heavy atom. The molecule has 0 spiro atoms. The number of carbonyl (C=O) groups is 3. The number of nitrogens with one attached hydrogen (secondary N) is 5. The van der Waals surface area contributed by atoms with E-state index in [1.165, 1.54) is 36.0 Å². The average molecular weight is 2700 g/mol. The standard InChI is InChI=1S/C28H24FN7O2.C16H11FN2O3.2C12H15N5.C7H7NO.C5H8N4.S37.2H2/c1-16-6-5-9-23(30-16)26-33-32-25-15-35(14-17(2)36(25)26)28(38)21-12-18(10-11-22(21)29)13-24-19-7-3-4-8-20(19)27(37)34-31-24;17-13-6-5-9(7-12(13)16(21)22)8-14-10-3-1-2-4-11(10)15(20)19-18-14;2*1-8-4-3-5-10(14-8)12-16-15-11-7-13-6-9(2)17(11)12;1-6-3-2-4-7(5-9)8-6;1-4-2-7-3-5(8-4)9-6;1-3-5-7-9-11-13-15-17-19-21-23-25-27-29-31-33-35-37-36-34-32-30-28-26-24-22-20-18-16-14-12-10-8-6-4-2;;/h3-12,17H,13-15H2,1-2H3,(H,34,37);1-7H,8H2,(H,19,20)(H,21,22);2*3-5,9,13H,6-7H2,1-2H3;2-5H,1H3;2-3H,6H2,1H3,(H,8,9);;2*1H/i;;;;;;;1+1D;. The second-order valence-electron chi connectivity index (χ2n) is 29.2. The first-order chi connectivity index (χ1) is 73.5. The monoisotopic (exact) mass is 2700 g/mol. The van der Waals surface area contributed by atoms with Crippen LogP contribution < -0.4 is 33.0 Å². The van der Waals surface area contributed by atoms with Crippen LogP contribution in [0.4, 0.5) is 14.6 Å². The first-order valence-corrected chi connectivity index (χ1v) is 89.8. The van der Waals surface area contributed by atoms with E-state index in [2.05, 4.69) is 120 Å². The SMILES string of the molecule is Cc1cccc(-c2nnc3n2C(C)CN(C(=O)c2cc(Cc4n[nH]c(=O)c5ccccc45)ccc2F)C3)n1.Cc1cccc(-c2nnc3n2C(C)CNC3)n1.Cc1cccc(-c2nnc3n2C(C)CNC3)n1.Cc1cccc(C=O)n1.Cc1cncc(NN)n1.O=C(O)c1cc(Cc2n[nH]c(=O)c3ccccc23)ccc1F.S=S=S=S=S=S=S=S=S=S=S=S=S=S=S=S=S=S=S=S=S=S=S=S=S=S=S=S=S=S=S=S=S=S=S=S=S.[2H][2H].[HH]. The number of pyridine rings is 4. The number of aromatic amines is 2. The van der Waals surface area contributed by atoms with Gasteiger partial charge in [0.15, 0.2) is 35.4 Å². The molecule has 69 heteroatoms. The van der Waals surface area contributed by atoms with Crippen LogP contribution in [0, 0.1) is 46.3 Å². The maximum Gasteiger partial charge on any atom is 0.338 e. The molecule has 13 heterocycles. The second-order valence-corrected chi connectivity index (χ2v) is 91.1. The molecule has 0 saturated heterocycles. The molecule has 0 bridgehead atoms. The molecule has 0 saturated carbocycles. The maximum absolute atomic E-state index is 14.9. The lowest BCUT2D eigenvalue weighted by atomic mass is 10.0. The molecule has 0 aliphatic carbocycles. The number of anilines is 1. The molecule has 149 heavy (non-hydrogen) atoms. The fourth-order valence-electron chi connectivity index (χ4n) is 13.4. The number of carbonyl (C=O) groups excluding carboxylic acids is 2. The number of fused-ring (bicyclic) bond motifs is 5. The number of aromatic nitrogens is 19. The Bertz CT molecular complexity index is 9050. The van der Waals surface area contributed by atoms with Crippen molar-refractivity contribution >= 4 is 379 Å². The third kappa shape index (κ3) is 41.8. The van der Waals surface area contributed by atoms with Crippen molar-refractivity contribution in [1.82, 2.24) is 110 Å². The van der Waals surface area contributed by atoms with E-state index in [4.69, 9.17) is 36.3 Å². The van der Waals surface area contributed by atoms with Crippen molar-refractivity contribution in [1.29, 1.82) is 0 Å². The summed E-state index contributed by atoms with van der Waals surface area (Å²) in [6, 6.07) is 46.2. The van der Waals surface area contributed by atoms with Gasteiger partial charge in [-0.2, -0.15) is 10.2 Å². The van der Waals surface area contributed by atoms with Crippen LogP contribution in [0.15, 0.2) is 180 Å². The third-order valence-corrected chi connectivity index (χ3v) is 94.8. The highest BCUT2D eigenvalue weighted by molar-refractivity contribution is 8.81. The number of H-pyrrole nitrogens is 2. The van der Waals surface area contributed by atoms with Crippen molar-refractivity contribution in [3.8, 4) is 34.6 Å². The number of carboxylic acids is 1. The number of hydrazine groups is 1. The van der Waals surface area contributed by atoms with E-state index in [9.17, 15) is 32.8 Å². The minimum atomic E-state index is -1.32. The van der Waals surface area contributed by atoms with Gasteiger partial charge in [-0.3, -0.25) is 29.1 Å². The van der Waals surface area contributed by atoms with Crippen molar-refractivity contribution in [3.05, 3.63) is 288 Å². The van der Waals surface area contributed by atoms with Crippen molar-refractivity contribution in [3.63, 3.8) is 0 Å². The topological polar surface area (TPSA) is 398 Å². The molecular weight excluding hydrogens is 2620 g/mol. The smallest absolute Gasteiger partial charge is 0.338 e. The Hall–Kier alpha value is -5.45. The molecule has 3 unspecified atom stereocenters. The summed E-state index contributed by atoms with van der Waals surface area (Å²) in [4.78, 5) is 85.4. The van der Waals surface area contributed by atoms with Gasteiger partial charge in [0.05, 0.1) is 70.9 Å². The second kappa shape index (κ2) is 69.6. The third-order valence-electron chi connectivity index (χ3n) is 19.2. The van der Waals surface area contributed by atoms with Crippen LogP contribution in [0.3, 0.4) is 0 Å². The minimum absolute atomic E-state index is 0. The van der Waals surface area contributed by atoms with Crippen LogP contribution >= 0.6 is 0 Å². The lowest BCUT2D eigenvalue weighted by molar-refractivity contribution is 0.0673. The molecule has 3 atom stereocenters. The fourth-order valence-corrected chi connectivity index (χ4v) is 104. The summed E-state index contributed by atoms with van der Waals surface area (Å²) in [5, 5.41) is 56.9. The van der Waals surface area contributed by atoms with Crippen molar-refractivity contribution < 1.29 is 32.7 Å². The van der Waals surface area contributed by atoms with E-state index < -0.39 is 23.5 Å². The summed E-state index contributed by atoms with van der Waals surface area (Å²) in [5.41, 5.74) is 11.6. The zero-order valence-electron chi connectivity index (χ0n) is 79.6. The average Bonchev–Trinajstić information content (AvgIpc) is 1.62. The molecule has 30 nitrogen and oxygen atoms in total. The molecule has 14 aromatic rings. The number of rotatable bonds is 11. The summed E-state index contributed by atoms with van der Waals surface area (Å²) < 4.78 is 44.7. The quantitative estimate of drug-likeness (QED) is 0.0359. The van der Waals surface area contributed by atoms with E-state index in [0.29, 0.717) is 86.9 Å². The summed E-state index contributed by atoms with van der Waals surface area (Å²) in [6.07, 6.45) is 4.59. The van der Waals surface area contributed by atoms with E-state index in [0.717, 1.165) is 113 Å². The largest absolute Gasteiger partial charge is 0.478 e. The lowest BCUT2D eigenvalue weighted by Crippen LogP contribution is -2.41. The number of halogens is 2. The number of hydrogen-bond donors (Lipinski definition) is 7. The molecule has 17 rings (SSSR count). The number of nitrogens with two attached hydrogens (primary N) is 1. The Labute approximate surface area is 966 Å². The van der Waals surface area contributed by atoms with E-state index >= 15 is 0 Å². The zero-order valence-corrected chi connectivity index (χ0v) is 108. The summed E-state index contributed by atoms with van der Waals surface area (Å²) >= 11 is 9.60. The van der Waals surface area contributed by atoms with Gasteiger partial charge in [-0.1, -0.05) is 72.8 Å². The van der Waals surface area contributed by atoms with Gasteiger partial charge < -0.3 is 39.8 Å². The van der Waals surface area contributed by atoms with Gasteiger partial charge in [-0.25, -0.2) is 49.6 Å². The van der Waals surface area contributed by atoms with E-state index in [1.807, 2.05) is 311 Å². The highest BCUT2D eigenvalue weighted by atomic mass is 33.5. The number of aryl methyl sites for hydroxylation is 5. The van der Waals surface area contributed by atoms with Gasteiger partial charge in [-0.05, 0) is 151 Å². The summed E-state index contributed by atoms with van der Waals surface area (Å²) in [5.74, 6) is 7.54. The van der Waals surface area contributed by atoms with Gasteiger partial charge >= 0.3 is 5.97 Å². The normalized spacial score (nSPS) is 12.8. The number of benzene rings is 4.